The zero-order valence-electron chi connectivity index (χ0n) is 13.6. The molecule has 0 aliphatic rings. The molecule has 25 heavy (non-hydrogen) atoms. The van der Waals surface area contributed by atoms with Crippen molar-refractivity contribution < 1.29 is 8.91 Å². The van der Waals surface area contributed by atoms with Gasteiger partial charge in [0.15, 0.2) is 5.69 Å². The quantitative estimate of drug-likeness (QED) is 0.570. The lowest BCUT2D eigenvalue weighted by molar-refractivity contribution is 0.430. The molecule has 2 heterocycles. The van der Waals surface area contributed by atoms with E-state index in [2.05, 4.69) is 20.5 Å². The highest BCUT2D eigenvalue weighted by molar-refractivity contribution is 5.59. The number of para-hydroxylation sites is 1. The summed E-state index contributed by atoms with van der Waals surface area (Å²) in [5.74, 6) is -0.0244. The van der Waals surface area contributed by atoms with Gasteiger partial charge in [0.05, 0.1) is 16.9 Å². The number of halogens is 1. The summed E-state index contributed by atoms with van der Waals surface area (Å²) < 4.78 is 20.9. The Morgan fingerprint density at radius 1 is 1.00 bits per heavy atom. The van der Waals surface area contributed by atoms with Crippen LogP contribution in [0.5, 0.6) is 0 Å². The molecule has 0 spiro atoms. The van der Waals surface area contributed by atoms with Crippen LogP contribution in [0.2, 0.25) is 0 Å². The van der Waals surface area contributed by atoms with Gasteiger partial charge in [0, 0.05) is 0 Å². The Morgan fingerprint density at radius 3 is 2.56 bits per heavy atom. The highest BCUT2D eigenvalue weighted by atomic mass is 19.1. The smallest absolute Gasteiger partial charge is 0.280 e. The number of hydrogen-bond acceptors (Lipinski definition) is 5. The van der Waals surface area contributed by atoms with Crippen LogP contribution < -0.4 is 0 Å². The van der Waals surface area contributed by atoms with Crippen LogP contribution in [0.25, 0.3) is 28.7 Å². The fourth-order valence-corrected chi connectivity index (χ4v) is 2.63. The second-order valence-corrected chi connectivity index (χ2v) is 5.62. The Balaban J connectivity index is 1.75. The largest absolute Gasteiger partial charge is 0.332 e. The summed E-state index contributed by atoms with van der Waals surface area (Å²) in [5, 5.41) is 12.2. The summed E-state index contributed by atoms with van der Waals surface area (Å²) in [4.78, 5) is 4.27. The molecule has 2 aromatic carbocycles. The maximum atomic E-state index is 13.9. The monoisotopic (exact) mass is 335 g/mol. The van der Waals surface area contributed by atoms with Gasteiger partial charge in [-0.3, -0.25) is 0 Å². The van der Waals surface area contributed by atoms with E-state index in [1.54, 1.807) is 22.9 Å². The van der Waals surface area contributed by atoms with Crippen molar-refractivity contribution in [2.45, 2.75) is 13.8 Å². The lowest BCUT2D eigenvalue weighted by Gasteiger charge is -2.06. The normalized spacial score (nSPS) is 11.0. The maximum absolute atomic E-state index is 13.9. The number of hydrogen-bond donors (Lipinski definition) is 0. The third-order valence-electron chi connectivity index (χ3n) is 3.98. The molecule has 0 unspecified atom stereocenters. The van der Waals surface area contributed by atoms with Crippen LogP contribution in [0.3, 0.4) is 0 Å². The van der Waals surface area contributed by atoms with Crippen LogP contribution in [0.1, 0.15) is 11.3 Å². The Hall–Kier alpha value is -3.35. The molecule has 2 aromatic heterocycles. The maximum Gasteiger partial charge on any atom is 0.280 e. The molecule has 4 rings (SSSR count). The van der Waals surface area contributed by atoms with Crippen molar-refractivity contribution in [3.05, 3.63) is 65.6 Å². The molecule has 124 valence electrons. The molecule has 0 saturated heterocycles. The van der Waals surface area contributed by atoms with Crippen LogP contribution in [0, 0.1) is 19.7 Å². The van der Waals surface area contributed by atoms with E-state index < -0.39 is 5.82 Å². The molecule has 4 aromatic rings. The minimum Gasteiger partial charge on any atom is -0.332 e. The van der Waals surface area contributed by atoms with Crippen molar-refractivity contribution in [3.8, 4) is 28.7 Å². The van der Waals surface area contributed by atoms with Crippen molar-refractivity contribution in [2.24, 2.45) is 0 Å². The molecular weight excluding hydrogens is 321 g/mol. The SMILES string of the molecule is Cc1ccccc1-n1nnc(-c2nc(-c3ccccc3F)no2)c1C. The standard InChI is InChI=1S/C18H14FN5O/c1-11-7-3-6-10-15(11)24-12(2)16(21-23-24)18-20-17(22-25-18)13-8-4-5-9-14(13)19/h3-10H,1-2H3. The third kappa shape index (κ3) is 2.59. The molecule has 0 atom stereocenters. The van der Waals surface area contributed by atoms with E-state index in [4.69, 9.17) is 4.52 Å². The summed E-state index contributed by atoms with van der Waals surface area (Å²) in [6.07, 6.45) is 0. The molecule has 7 heteroatoms. The van der Waals surface area contributed by atoms with Crippen LogP contribution in [0.4, 0.5) is 4.39 Å². The topological polar surface area (TPSA) is 69.6 Å². The fourth-order valence-electron chi connectivity index (χ4n) is 2.63. The number of aryl methyl sites for hydroxylation is 1. The van der Waals surface area contributed by atoms with Gasteiger partial charge in [-0.25, -0.2) is 9.07 Å². The first-order valence-electron chi connectivity index (χ1n) is 7.72. The lowest BCUT2D eigenvalue weighted by Crippen LogP contribution is -2.01. The van der Waals surface area contributed by atoms with Crippen LogP contribution in [0.15, 0.2) is 53.1 Å². The van der Waals surface area contributed by atoms with Crippen molar-refractivity contribution in [3.63, 3.8) is 0 Å². The number of benzene rings is 2. The molecule has 0 aliphatic heterocycles. The Morgan fingerprint density at radius 2 is 1.76 bits per heavy atom. The summed E-state index contributed by atoms with van der Waals surface area (Å²) >= 11 is 0. The van der Waals surface area contributed by atoms with Gasteiger partial charge in [-0.2, -0.15) is 4.98 Å². The molecule has 0 aliphatic carbocycles. The van der Waals surface area contributed by atoms with E-state index in [0.29, 0.717) is 5.69 Å². The van der Waals surface area contributed by atoms with Crippen molar-refractivity contribution >= 4 is 0 Å². The van der Waals surface area contributed by atoms with E-state index in [-0.39, 0.29) is 17.3 Å². The average molecular weight is 335 g/mol. The van der Waals surface area contributed by atoms with E-state index in [0.717, 1.165) is 16.9 Å². The second-order valence-electron chi connectivity index (χ2n) is 5.62. The summed E-state index contributed by atoms with van der Waals surface area (Å²) in [6.45, 7) is 3.87. The van der Waals surface area contributed by atoms with Gasteiger partial charge >= 0.3 is 0 Å². The van der Waals surface area contributed by atoms with Gasteiger partial charge in [-0.05, 0) is 37.6 Å². The average Bonchev–Trinajstić information content (AvgIpc) is 3.23. The predicted molar refractivity (Wildman–Crippen MR) is 89.5 cm³/mol. The first kappa shape index (κ1) is 15.2. The first-order valence-corrected chi connectivity index (χ1v) is 7.72. The van der Waals surface area contributed by atoms with E-state index in [9.17, 15) is 4.39 Å². The zero-order valence-corrected chi connectivity index (χ0v) is 13.6. The van der Waals surface area contributed by atoms with E-state index in [1.807, 2.05) is 38.1 Å². The van der Waals surface area contributed by atoms with Crippen molar-refractivity contribution in [1.82, 2.24) is 25.1 Å². The van der Waals surface area contributed by atoms with Crippen LogP contribution in [-0.4, -0.2) is 25.1 Å². The molecule has 0 amide bonds. The predicted octanol–water partition coefficient (Wildman–Crippen LogP) is 3.74. The van der Waals surface area contributed by atoms with Gasteiger partial charge in [-0.15, -0.1) is 5.10 Å². The van der Waals surface area contributed by atoms with E-state index in [1.165, 1.54) is 6.07 Å². The Labute approximate surface area is 142 Å². The van der Waals surface area contributed by atoms with Gasteiger partial charge in [0.25, 0.3) is 5.89 Å². The molecule has 0 N–H and O–H groups in total. The zero-order chi connectivity index (χ0) is 17.4. The van der Waals surface area contributed by atoms with Crippen LogP contribution in [-0.2, 0) is 0 Å². The highest BCUT2D eigenvalue weighted by Crippen LogP contribution is 2.26. The fraction of sp³-hybridized carbons (Fsp3) is 0.111. The summed E-state index contributed by atoms with van der Waals surface area (Å²) in [7, 11) is 0. The molecule has 0 fully saturated rings. The minimum absolute atomic E-state index is 0.179. The van der Waals surface area contributed by atoms with Gasteiger partial charge in [0.2, 0.25) is 5.82 Å². The molecule has 0 radical (unpaired) electrons. The number of aromatic nitrogens is 5. The van der Waals surface area contributed by atoms with Crippen molar-refractivity contribution in [2.75, 3.05) is 0 Å². The molecule has 0 saturated carbocycles. The van der Waals surface area contributed by atoms with E-state index >= 15 is 0 Å². The molecule has 0 bridgehead atoms. The summed E-state index contributed by atoms with van der Waals surface area (Å²) in [5.41, 5.74) is 3.50. The molecular formula is C18H14FN5O. The lowest BCUT2D eigenvalue weighted by atomic mass is 10.2. The summed E-state index contributed by atoms with van der Waals surface area (Å²) in [6, 6.07) is 14.1. The molecule has 6 nitrogen and oxygen atoms in total. The minimum atomic E-state index is -0.407. The number of nitrogens with zero attached hydrogens (tertiary/aromatic N) is 5. The van der Waals surface area contributed by atoms with Gasteiger partial charge in [-0.1, -0.05) is 40.7 Å². The first-order chi connectivity index (χ1) is 12.1. The van der Waals surface area contributed by atoms with Crippen LogP contribution >= 0.6 is 0 Å². The van der Waals surface area contributed by atoms with Gasteiger partial charge in [0.1, 0.15) is 5.82 Å². The van der Waals surface area contributed by atoms with Gasteiger partial charge < -0.3 is 4.52 Å². The highest BCUT2D eigenvalue weighted by Gasteiger charge is 2.20. The second kappa shape index (κ2) is 5.94. The Bertz CT molecular complexity index is 1050. The Kier molecular flexibility index (Phi) is 3.61. The number of rotatable bonds is 3. The van der Waals surface area contributed by atoms with Crippen molar-refractivity contribution in [1.29, 1.82) is 0 Å². The third-order valence-corrected chi connectivity index (χ3v) is 3.98.